The summed E-state index contributed by atoms with van der Waals surface area (Å²) in [6, 6.07) is 2.66. The fourth-order valence-corrected chi connectivity index (χ4v) is 0.565. The van der Waals surface area contributed by atoms with Crippen LogP contribution in [0.5, 0.6) is 5.95 Å². The van der Waals surface area contributed by atoms with Crippen LogP contribution in [0.4, 0.5) is 0 Å². The van der Waals surface area contributed by atoms with Crippen LogP contribution < -0.4 is 4.65 Å². The Morgan fingerprint density at radius 1 is 1.55 bits per heavy atom. The number of aldehydes is 1. The van der Waals surface area contributed by atoms with Crippen molar-refractivity contribution in [3.05, 3.63) is 17.9 Å². The van der Waals surface area contributed by atoms with Gasteiger partial charge in [0.05, 0.1) is 0 Å². The molecule has 5 nitrogen and oxygen atoms in total. The van der Waals surface area contributed by atoms with Crippen LogP contribution in [0.1, 0.15) is 10.6 Å². The van der Waals surface area contributed by atoms with E-state index < -0.39 is 7.32 Å². The van der Waals surface area contributed by atoms with E-state index in [9.17, 15) is 4.79 Å². The van der Waals surface area contributed by atoms with Crippen molar-refractivity contribution >= 4 is 13.6 Å². The Hall–Kier alpha value is -1.27. The number of furan rings is 1. The average molecular weight is 156 g/mol. The highest BCUT2D eigenvalue weighted by molar-refractivity contribution is 6.33. The van der Waals surface area contributed by atoms with Gasteiger partial charge in [-0.3, -0.25) is 4.79 Å². The smallest absolute Gasteiger partial charge is 0.485 e. The van der Waals surface area contributed by atoms with Gasteiger partial charge in [-0.25, -0.2) is 0 Å². The lowest BCUT2D eigenvalue weighted by Gasteiger charge is -1.96. The van der Waals surface area contributed by atoms with Crippen molar-refractivity contribution < 1.29 is 23.9 Å². The minimum absolute atomic E-state index is 0.0700. The molecular formula is C5H5BO5. The van der Waals surface area contributed by atoms with E-state index in [-0.39, 0.29) is 11.7 Å². The predicted molar refractivity (Wildman–Crippen MR) is 34.9 cm³/mol. The minimum atomic E-state index is -1.93. The van der Waals surface area contributed by atoms with Crippen molar-refractivity contribution in [1.82, 2.24) is 0 Å². The second kappa shape index (κ2) is 3.22. The van der Waals surface area contributed by atoms with E-state index >= 15 is 0 Å². The normalized spacial score (nSPS) is 9.27. The molecule has 0 amide bonds. The lowest BCUT2D eigenvalue weighted by Crippen LogP contribution is -2.20. The second-order valence-electron chi connectivity index (χ2n) is 1.72. The largest absolute Gasteiger partial charge is 0.709 e. The molecule has 1 aromatic rings. The van der Waals surface area contributed by atoms with Crippen LogP contribution in [0.15, 0.2) is 16.5 Å². The molecule has 0 saturated heterocycles. The molecule has 1 rings (SSSR count). The quantitative estimate of drug-likeness (QED) is 0.452. The molecule has 1 heterocycles. The van der Waals surface area contributed by atoms with E-state index in [2.05, 4.69) is 9.07 Å². The Kier molecular flexibility index (Phi) is 2.30. The summed E-state index contributed by atoms with van der Waals surface area (Å²) in [6.45, 7) is 0. The average Bonchev–Trinajstić information content (AvgIpc) is 2.34. The van der Waals surface area contributed by atoms with Crippen LogP contribution in [-0.2, 0) is 0 Å². The van der Waals surface area contributed by atoms with Crippen molar-refractivity contribution in [3.63, 3.8) is 0 Å². The molecule has 0 radical (unpaired) electrons. The Bertz CT molecular complexity index is 243. The van der Waals surface area contributed by atoms with Gasteiger partial charge < -0.3 is 19.1 Å². The molecule has 0 saturated carbocycles. The summed E-state index contributed by atoms with van der Waals surface area (Å²) in [5.41, 5.74) is 0. The van der Waals surface area contributed by atoms with Gasteiger partial charge in [-0.15, -0.1) is 0 Å². The van der Waals surface area contributed by atoms with Crippen molar-refractivity contribution in [2.24, 2.45) is 0 Å². The summed E-state index contributed by atoms with van der Waals surface area (Å²) >= 11 is 0. The van der Waals surface area contributed by atoms with Crippen molar-refractivity contribution in [1.29, 1.82) is 0 Å². The standard InChI is InChI=1S/C5H5BO5/c7-3-4-1-2-5(10-4)11-6(8)9/h1-3,8-9H. The molecule has 0 aliphatic rings. The van der Waals surface area contributed by atoms with Gasteiger partial charge in [-0.1, -0.05) is 0 Å². The molecule has 0 spiro atoms. The lowest BCUT2D eigenvalue weighted by molar-refractivity contribution is 0.109. The molecular weight excluding hydrogens is 151 g/mol. The first-order valence-corrected chi connectivity index (χ1v) is 2.80. The summed E-state index contributed by atoms with van der Waals surface area (Å²) in [4.78, 5) is 10.0. The Labute approximate surface area is 62.4 Å². The number of hydrogen-bond donors (Lipinski definition) is 2. The molecule has 0 atom stereocenters. The monoisotopic (exact) mass is 156 g/mol. The molecule has 0 unspecified atom stereocenters. The summed E-state index contributed by atoms with van der Waals surface area (Å²) in [5, 5.41) is 16.5. The third kappa shape index (κ3) is 2.10. The van der Waals surface area contributed by atoms with Crippen molar-refractivity contribution in [2.45, 2.75) is 0 Å². The van der Waals surface area contributed by atoms with Gasteiger partial charge in [0.1, 0.15) is 0 Å². The first-order chi connectivity index (χ1) is 5.22. The maximum atomic E-state index is 10.0. The molecule has 11 heavy (non-hydrogen) atoms. The van der Waals surface area contributed by atoms with Gasteiger partial charge in [0.15, 0.2) is 12.0 Å². The number of rotatable bonds is 3. The highest BCUT2D eigenvalue weighted by Gasteiger charge is 2.13. The number of carbonyl (C=O) groups is 1. The van der Waals surface area contributed by atoms with E-state index in [1.807, 2.05) is 0 Å². The van der Waals surface area contributed by atoms with Crippen LogP contribution in [0.2, 0.25) is 0 Å². The summed E-state index contributed by atoms with van der Waals surface area (Å²) < 4.78 is 8.92. The van der Waals surface area contributed by atoms with Crippen LogP contribution in [0.25, 0.3) is 0 Å². The number of hydrogen-bond acceptors (Lipinski definition) is 5. The van der Waals surface area contributed by atoms with Gasteiger partial charge in [0, 0.05) is 6.07 Å². The molecule has 0 aliphatic carbocycles. The molecule has 0 bridgehead atoms. The maximum Gasteiger partial charge on any atom is 0.709 e. The van der Waals surface area contributed by atoms with E-state index in [0.29, 0.717) is 6.29 Å². The number of carbonyl (C=O) groups excluding carboxylic acids is 1. The van der Waals surface area contributed by atoms with Gasteiger partial charge in [0.25, 0.3) is 5.95 Å². The Morgan fingerprint density at radius 3 is 2.73 bits per heavy atom. The Balaban J connectivity index is 2.65. The Morgan fingerprint density at radius 2 is 2.27 bits per heavy atom. The summed E-state index contributed by atoms with van der Waals surface area (Å²) in [6.07, 6.45) is 0.483. The zero-order valence-electron chi connectivity index (χ0n) is 5.43. The molecule has 6 heteroatoms. The fraction of sp³-hybridized carbons (Fsp3) is 0. The SMILES string of the molecule is O=Cc1ccc(OB(O)O)o1. The molecule has 0 aliphatic heterocycles. The summed E-state index contributed by atoms with van der Waals surface area (Å²) in [7, 11) is -1.93. The third-order valence-corrected chi connectivity index (χ3v) is 0.940. The van der Waals surface area contributed by atoms with E-state index in [4.69, 9.17) is 10.0 Å². The predicted octanol–water partition coefficient (Wildman–Crippen LogP) is -0.560. The van der Waals surface area contributed by atoms with Gasteiger partial charge >= 0.3 is 7.32 Å². The molecule has 0 aromatic carbocycles. The van der Waals surface area contributed by atoms with Crippen LogP contribution in [-0.4, -0.2) is 23.7 Å². The van der Waals surface area contributed by atoms with E-state index in [0.717, 1.165) is 0 Å². The minimum Gasteiger partial charge on any atom is -0.485 e. The van der Waals surface area contributed by atoms with Gasteiger partial charge in [0.2, 0.25) is 0 Å². The zero-order valence-corrected chi connectivity index (χ0v) is 5.43. The molecule has 58 valence electrons. The first-order valence-electron chi connectivity index (χ1n) is 2.80. The van der Waals surface area contributed by atoms with Crippen LogP contribution in [0.3, 0.4) is 0 Å². The van der Waals surface area contributed by atoms with Crippen molar-refractivity contribution in [2.75, 3.05) is 0 Å². The van der Waals surface area contributed by atoms with Crippen LogP contribution in [0, 0.1) is 0 Å². The fourth-order valence-electron chi connectivity index (χ4n) is 0.565. The topological polar surface area (TPSA) is 79.9 Å². The van der Waals surface area contributed by atoms with Crippen molar-refractivity contribution in [3.8, 4) is 5.95 Å². The summed E-state index contributed by atoms with van der Waals surface area (Å²) in [5.74, 6) is -0.0391. The lowest BCUT2D eigenvalue weighted by atomic mass is 10.3. The van der Waals surface area contributed by atoms with E-state index in [1.54, 1.807) is 0 Å². The zero-order chi connectivity index (χ0) is 8.27. The highest BCUT2D eigenvalue weighted by atomic mass is 16.7. The second-order valence-corrected chi connectivity index (χ2v) is 1.72. The first kappa shape index (κ1) is 7.84. The van der Waals surface area contributed by atoms with Gasteiger partial charge in [-0.2, -0.15) is 0 Å². The molecule has 1 aromatic heterocycles. The maximum absolute atomic E-state index is 10.0. The molecule has 0 fully saturated rings. The van der Waals surface area contributed by atoms with E-state index in [1.165, 1.54) is 12.1 Å². The highest BCUT2D eigenvalue weighted by Crippen LogP contribution is 2.13. The van der Waals surface area contributed by atoms with Crippen LogP contribution >= 0.6 is 0 Å². The molecule has 2 N–H and O–H groups in total. The third-order valence-electron chi connectivity index (χ3n) is 0.940. The van der Waals surface area contributed by atoms with Gasteiger partial charge in [-0.05, 0) is 6.07 Å².